The highest BCUT2D eigenvalue weighted by molar-refractivity contribution is 6.04. The van der Waals surface area contributed by atoms with Crippen molar-refractivity contribution in [3.05, 3.63) is 58.7 Å². The fourth-order valence-corrected chi connectivity index (χ4v) is 6.14. The summed E-state index contributed by atoms with van der Waals surface area (Å²) in [6.07, 6.45) is 21.7. The Labute approximate surface area is 331 Å². The normalized spacial score (nSPS) is 11.7. The fraction of sp³-hybridized carbons (Fsp3) is 0.574. The van der Waals surface area contributed by atoms with Crippen LogP contribution in [-0.4, -0.2) is 38.0 Å². The molecule has 0 radical (unpaired) electrons. The quantitative estimate of drug-likeness (QED) is 0.0439. The van der Waals surface area contributed by atoms with Gasteiger partial charge in [0.1, 0.15) is 12.1 Å². The van der Waals surface area contributed by atoms with E-state index in [1.807, 2.05) is 62.4 Å². The Bertz CT molecular complexity index is 1480. The summed E-state index contributed by atoms with van der Waals surface area (Å²) in [4.78, 5) is 24.5. The molecule has 0 aromatic heterocycles. The Morgan fingerprint density at radius 3 is 1.09 bits per heavy atom. The molecule has 0 heterocycles. The Morgan fingerprint density at radius 2 is 0.818 bits per heavy atom. The van der Waals surface area contributed by atoms with Crippen molar-refractivity contribution in [2.24, 2.45) is 11.8 Å². The third kappa shape index (κ3) is 18.6. The van der Waals surface area contributed by atoms with Gasteiger partial charge < -0.3 is 18.9 Å². The Hall–Kier alpha value is -4.56. The van der Waals surface area contributed by atoms with Gasteiger partial charge in [0.2, 0.25) is 0 Å². The van der Waals surface area contributed by atoms with Gasteiger partial charge >= 0.3 is 0 Å². The van der Waals surface area contributed by atoms with E-state index in [1.165, 1.54) is 70.6 Å². The van der Waals surface area contributed by atoms with E-state index in [1.54, 1.807) is 39.8 Å². The number of hydrogen-bond acceptors (Lipinski definition) is 8. The predicted octanol–water partition coefficient (Wildman–Crippen LogP) is 12.1. The summed E-state index contributed by atoms with van der Waals surface area (Å²) in [5.74, 6) is 1.86. The van der Waals surface area contributed by atoms with E-state index < -0.39 is 0 Å². The van der Waals surface area contributed by atoms with Crippen molar-refractivity contribution < 1.29 is 28.5 Å². The zero-order valence-electron chi connectivity index (χ0n) is 34.6. The average Bonchev–Trinajstić information content (AvgIpc) is 3.17. The topological polar surface area (TPSA) is 119 Å². The predicted molar refractivity (Wildman–Crippen MR) is 222 cm³/mol. The molecule has 300 valence electrons. The van der Waals surface area contributed by atoms with Crippen LogP contribution in [0.5, 0.6) is 23.0 Å². The number of nitriles is 2. The van der Waals surface area contributed by atoms with Gasteiger partial charge in [0.05, 0.1) is 37.6 Å². The van der Waals surface area contributed by atoms with Crippen molar-refractivity contribution in [2.45, 2.75) is 138 Å². The van der Waals surface area contributed by atoms with Crippen molar-refractivity contribution in [3.8, 4) is 35.1 Å². The summed E-state index contributed by atoms with van der Waals surface area (Å²) < 4.78 is 23.6. The van der Waals surface area contributed by atoms with Crippen LogP contribution in [0.2, 0.25) is 0 Å². The molecule has 0 aliphatic carbocycles. The molecular formula is C47H66N2O6. The molecule has 55 heavy (non-hydrogen) atoms. The molecule has 0 saturated heterocycles. The Kier molecular flexibility index (Phi) is 23.7. The lowest BCUT2D eigenvalue weighted by molar-refractivity contribution is -0.118. The standard InChI is InChI=1S/C47H66N2O6/c1-7-52-44-32-38(30-40(34-48)46(50)36(3)4)24-26-42(44)54-28-22-20-18-16-14-12-10-9-11-13-15-17-19-21-23-29-55-43-27-25-39(33-45(43)53-8-2)31-41(35-49)47(51)37(5)6/h24-27,30-33,36-37H,7-23,28-29H2,1-6H3. The summed E-state index contributed by atoms with van der Waals surface area (Å²) in [6.45, 7) is 13.3. The van der Waals surface area contributed by atoms with Crippen LogP contribution in [0.25, 0.3) is 12.2 Å². The minimum atomic E-state index is -0.229. The second kappa shape index (κ2) is 27.9. The van der Waals surface area contributed by atoms with Crippen LogP contribution in [0.4, 0.5) is 0 Å². The first-order valence-corrected chi connectivity index (χ1v) is 20.8. The number of benzene rings is 2. The van der Waals surface area contributed by atoms with E-state index in [-0.39, 0.29) is 34.5 Å². The van der Waals surface area contributed by atoms with E-state index in [0.717, 1.165) is 36.8 Å². The van der Waals surface area contributed by atoms with E-state index in [0.29, 0.717) is 49.4 Å². The van der Waals surface area contributed by atoms with E-state index in [9.17, 15) is 20.1 Å². The third-order valence-electron chi connectivity index (χ3n) is 9.28. The van der Waals surface area contributed by atoms with Crippen LogP contribution in [0.15, 0.2) is 47.5 Å². The molecular weight excluding hydrogens is 689 g/mol. The average molecular weight is 755 g/mol. The maximum absolute atomic E-state index is 12.3. The van der Waals surface area contributed by atoms with Gasteiger partial charge in [-0.05, 0) is 74.2 Å². The van der Waals surface area contributed by atoms with Crippen LogP contribution in [0.1, 0.15) is 149 Å². The smallest absolute Gasteiger partial charge is 0.175 e. The number of hydrogen-bond donors (Lipinski definition) is 0. The zero-order chi connectivity index (χ0) is 40.3. The lowest BCUT2D eigenvalue weighted by Gasteiger charge is -2.13. The Morgan fingerprint density at radius 1 is 0.509 bits per heavy atom. The maximum Gasteiger partial charge on any atom is 0.175 e. The van der Waals surface area contributed by atoms with E-state index >= 15 is 0 Å². The number of Topliss-reactive ketones (excluding diaryl/α,β-unsaturated/α-hetero) is 2. The molecule has 0 N–H and O–H groups in total. The molecule has 0 spiro atoms. The maximum atomic E-state index is 12.3. The van der Waals surface area contributed by atoms with Crippen molar-refractivity contribution in [1.29, 1.82) is 10.5 Å². The fourth-order valence-electron chi connectivity index (χ4n) is 6.14. The van der Waals surface area contributed by atoms with Crippen molar-refractivity contribution in [2.75, 3.05) is 26.4 Å². The monoisotopic (exact) mass is 754 g/mol. The van der Waals surface area contributed by atoms with Crippen LogP contribution < -0.4 is 18.9 Å². The summed E-state index contributed by atoms with van der Waals surface area (Å²) in [7, 11) is 0. The largest absolute Gasteiger partial charge is 0.490 e. The second-order valence-electron chi connectivity index (χ2n) is 14.7. The summed E-state index contributed by atoms with van der Waals surface area (Å²) in [6, 6.07) is 15.2. The van der Waals surface area contributed by atoms with Crippen LogP contribution in [-0.2, 0) is 9.59 Å². The Balaban J connectivity index is 1.50. The molecule has 2 rings (SSSR count). The molecule has 0 fully saturated rings. The molecule has 2 aromatic rings. The highest BCUT2D eigenvalue weighted by Crippen LogP contribution is 2.31. The molecule has 8 heteroatoms. The van der Waals surface area contributed by atoms with Gasteiger partial charge in [0.15, 0.2) is 34.6 Å². The van der Waals surface area contributed by atoms with Gasteiger partial charge in [0.25, 0.3) is 0 Å². The van der Waals surface area contributed by atoms with Gasteiger partial charge in [-0.3, -0.25) is 9.59 Å². The van der Waals surface area contributed by atoms with E-state index in [2.05, 4.69) is 0 Å². The number of carbonyl (C=O) groups is 2. The highest BCUT2D eigenvalue weighted by Gasteiger charge is 2.16. The first kappa shape index (κ1) is 46.6. The molecule has 0 amide bonds. The molecule has 0 unspecified atom stereocenters. The summed E-state index contributed by atoms with van der Waals surface area (Å²) >= 11 is 0. The first-order chi connectivity index (χ1) is 26.6. The molecule has 0 saturated carbocycles. The third-order valence-corrected chi connectivity index (χ3v) is 9.28. The van der Waals surface area contributed by atoms with Gasteiger partial charge in [-0.2, -0.15) is 10.5 Å². The lowest BCUT2D eigenvalue weighted by Crippen LogP contribution is -2.08. The number of allylic oxidation sites excluding steroid dienone is 2. The SMILES string of the molecule is CCOc1cc(C=C(C#N)C(=O)C(C)C)ccc1OCCCCCCCCCCCCCCCCCOc1ccc(C=C(C#N)C(=O)C(C)C)cc1OCC. The number of rotatable bonds is 30. The number of nitrogens with zero attached hydrogens (tertiary/aromatic N) is 2. The van der Waals surface area contributed by atoms with Crippen molar-refractivity contribution in [1.82, 2.24) is 0 Å². The minimum Gasteiger partial charge on any atom is -0.490 e. The number of ketones is 2. The number of unbranched alkanes of at least 4 members (excludes halogenated alkanes) is 14. The van der Waals surface area contributed by atoms with Crippen molar-refractivity contribution in [3.63, 3.8) is 0 Å². The molecule has 8 nitrogen and oxygen atoms in total. The molecule has 0 bridgehead atoms. The highest BCUT2D eigenvalue weighted by atomic mass is 16.5. The van der Waals surface area contributed by atoms with Gasteiger partial charge in [-0.1, -0.05) is 123 Å². The van der Waals surface area contributed by atoms with Gasteiger partial charge in [0, 0.05) is 11.8 Å². The first-order valence-electron chi connectivity index (χ1n) is 20.8. The van der Waals surface area contributed by atoms with Crippen LogP contribution >= 0.6 is 0 Å². The molecule has 0 atom stereocenters. The zero-order valence-corrected chi connectivity index (χ0v) is 34.6. The summed E-state index contributed by atoms with van der Waals surface area (Å²) in [5.41, 5.74) is 1.80. The van der Waals surface area contributed by atoms with Crippen LogP contribution in [0.3, 0.4) is 0 Å². The molecule has 0 aliphatic rings. The van der Waals surface area contributed by atoms with Gasteiger partial charge in [-0.25, -0.2) is 0 Å². The van der Waals surface area contributed by atoms with Crippen LogP contribution in [0, 0.1) is 34.5 Å². The van der Waals surface area contributed by atoms with Gasteiger partial charge in [-0.15, -0.1) is 0 Å². The van der Waals surface area contributed by atoms with Crippen molar-refractivity contribution >= 4 is 23.7 Å². The molecule has 0 aliphatic heterocycles. The summed E-state index contributed by atoms with van der Waals surface area (Å²) in [5, 5.41) is 18.8. The second-order valence-corrected chi connectivity index (χ2v) is 14.7. The minimum absolute atomic E-state index is 0.149. The lowest BCUT2D eigenvalue weighted by atomic mass is 10.00. The number of carbonyl (C=O) groups excluding carboxylic acids is 2. The number of ether oxygens (including phenoxy) is 4. The van der Waals surface area contributed by atoms with E-state index in [4.69, 9.17) is 18.9 Å². The molecule has 2 aromatic carbocycles.